The van der Waals surface area contributed by atoms with Gasteiger partial charge in [0.05, 0.1) is 15.9 Å². The first-order chi connectivity index (χ1) is 7.59. The van der Waals surface area contributed by atoms with E-state index in [1.165, 1.54) is 23.6 Å². The van der Waals surface area contributed by atoms with Gasteiger partial charge in [-0.25, -0.2) is 0 Å². The van der Waals surface area contributed by atoms with Crippen LogP contribution in [0.4, 0.5) is 0 Å². The van der Waals surface area contributed by atoms with Crippen molar-refractivity contribution < 1.29 is 0 Å². The average molecular weight is 304 g/mol. The van der Waals surface area contributed by atoms with Crippen molar-refractivity contribution in [2.75, 3.05) is 18.6 Å². The molecule has 1 aliphatic rings. The molecule has 0 aliphatic carbocycles. The summed E-state index contributed by atoms with van der Waals surface area (Å²) in [5, 5.41) is 4.43. The Morgan fingerprint density at radius 1 is 1.62 bits per heavy atom. The molecule has 16 heavy (non-hydrogen) atoms. The van der Waals surface area contributed by atoms with Gasteiger partial charge in [0.25, 0.3) is 0 Å². The summed E-state index contributed by atoms with van der Waals surface area (Å²) in [5.41, 5.74) is 2.35. The molecule has 0 aromatic carbocycles. The van der Waals surface area contributed by atoms with E-state index in [1.807, 2.05) is 18.7 Å². The Hall–Kier alpha value is -0.000000000000000111. The highest BCUT2D eigenvalue weighted by atomic mass is 79.9. The minimum absolute atomic E-state index is 0.729. The fraction of sp³-hybridized carbons (Fsp3) is 0.727. The van der Waals surface area contributed by atoms with Crippen LogP contribution in [0.2, 0.25) is 0 Å². The molecule has 0 N–H and O–H groups in total. The highest BCUT2D eigenvalue weighted by molar-refractivity contribution is 9.10. The maximum Gasteiger partial charge on any atom is 0.0739 e. The summed E-state index contributed by atoms with van der Waals surface area (Å²) in [4.78, 5) is 2.45. The number of aromatic nitrogens is 2. The summed E-state index contributed by atoms with van der Waals surface area (Å²) in [6.07, 6.45) is 1.32. The first-order valence-electron chi connectivity index (χ1n) is 5.55. The predicted octanol–water partition coefficient (Wildman–Crippen LogP) is 2.43. The van der Waals surface area contributed by atoms with Gasteiger partial charge in [0.2, 0.25) is 0 Å². The Morgan fingerprint density at radius 3 is 2.88 bits per heavy atom. The molecule has 2 rings (SSSR count). The third kappa shape index (κ3) is 2.46. The fourth-order valence-electron chi connectivity index (χ4n) is 2.09. The summed E-state index contributed by atoms with van der Waals surface area (Å²) >= 11 is 5.68. The molecule has 1 saturated heterocycles. The Morgan fingerprint density at radius 2 is 2.38 bits per heavy atom. The molecular weight excluding hydrogens is 286 g/mol. The fourth-order valence-corrected chi connectivity index (χ4v) is 3.85. The van der Waals surface area contributed by atoms with E-state index in [2.05, 4.69) is 44.7 Å². The molecule has 0 amide bonds. The zero-order valence-corrected chi connectivity index (χ0v) is 12.4. The largest absolute Gasteiger partial charge is 0.297 e. The summed E-state index contributed by atoms with van der Waals surface area (Å²) in [6.45, 7) is 3.02. The van der Waals surface area contributed by atoms with Crippen molar-refractivity contribution in [2.45, 2.75) is 25.9 Å². The SMILES string of the molecule is Cc1nn(C)c(CN(C)C2CCSC2)c1Br. The van der Waals surface area contributed by atoms with Crippen LogP contribution >= 0.6 is 27.7 Å². The molecule has 1 atom stereocenters. The van der Waals surface area contributed by atoms with E-state index in [9.17, 15) is 0 Å². The second kappa shape index (κ2) is 5.10. The van der Waals surface area contributed by atoms with E-state index < -0.39 is 0 Å². The molecule has 1 fully saturated rings. The van der Waals surface area contributed by atoms with E-state index in [-0.39, 0.29) is 0 Å². The van der Waals surface area contributed by atoms with Crippen LogP contribution in [0.3, 0.4) is 0 Å². The van der Waals surface area contributed by atoms with Crippen molar-refractivity contribution in [1.29, 1.82) is 0 Å². The van der Waals surface area contributed by atoms with Crippen LogP contribution in [0.15, 0.2) is 4.47 Å². The topological polar surface area (TPSA) is 21.1 Å². The molecule has 2 heterocycles. The predicted molar refractivity (Wildman–Crippen MR) is 72.8 cm³/mol. The zero-order chi connectivity index (χ0) is 11.7. The first-order valence-corrected chi connectivity index (χ1v) is 7.50. The number of halogens is 1. The van der Waals surface area contributed by atoms with E-state index in [1.54, 1.807) is 0 Å². The van der Waals surface area contributed by atoms with E-state index in [4.69, 9.17) is 0 Å². The lowest BCUT2D eigenvalue weighted by atomic mass is 10.2. The van der Waals surface area contributed by atoms with Gasteiger partial charge in [0, 0.05) is 25.4 Å². The first kappa shape index (κ1) is 12.5. The molecule has 1 unspecified atom stereocenters. The highest BCUT2D eigenvalue weighted by Gasteiger charge is 2.22. The van der Waals surface area contributed by atoms with Crippen LogP contribution in [0.25, 0.3) is 0 Å². The summed E-state index contributed by atoms with van der Waals surface area (Å²) in [5.74, 6) is 2.57. The molecule has 1 aromatic heterocycles. The monoisotopic (exact) mass is 303 g/mol. The van der Waals surface area contributed by atoms with E-state index >= 15 is 0 Å². The van der Waals surface area contributed by atoms with Gasteiger partial charge in [0.15, 0.2) is 0 Å². The average Bonchev–Trinajstić information content (AvgIpc) is 2.83. The minimum Gasteiger partial charge on any atom is -0.297 e. The lowest BCUT2D eigenvalue weighted by Crippen LogP contribution is -2.31. The Bertz CT molecular complexity index is 372. The van der Waals surface area contributed by atoms with Crippen molar-refractivity contribution in [2.24, 2.45) is 7.05 Å². The van der Waals surface area contributed by atoms with Crippen LogP contribution < -0.4 is 0 Å². The molecule has 0 saturated carbocycles. The number of hydrogen-bond acceptors (Lipinski definition) is 3. The highest BCUT2D eigenvalue weighted by Crippen LogP contribution is 2.25. The molecule has 3 nitrogen and oxygen atoms in total. The molecule has 90 valence electrons. The normalized spacial score (nSPS) is 20.9. The lowest BCUT2D eigenvalue weighted by Gasteiger charge is -2.23. The number of hydrogen-bond donors (Lipinski definition) is 0. The van der Waals surface area contributed by atoms with Gasteiger partial charge in [-0.15, -0.1) is 0 Å². The second-order valence-electron chi connectivity index (χ2n) is 4.40. The van der Waals surface area contributed by atoms with Gasteiger partial charge < -0.3 is 0 Å². The molecule has 0 radical (unpaired) electrons. The third-order valence-electron chi connectivity index (χ3n) is 3.19. The maximum atomic E-state index is 4.43. The van der Waals surface area contributed by atoms with Gasteiger partial charge in [-0.05, 0) is 42.1 Å². The molecule has 0 bridgehead atoms. The van der Waals surface area contributed by atoms with Crippen molar-refractivity contribution in [3.05, 3.63) is 15.9 Å². The quantitative estimate of drug-likeness (QED) is 0.856. The Balaban J connectivity index is 2.07. The number of rotatable bonds is 3. The van der Waals surface area contributed by atoms with Crippen molar-refractivity contribution in [3.8, 4) is 0 Å². The maximum absolute atomic E-state index is 4.43. The zero-order valence-electron chi connectivity index (χ0n) is 10.0. The smallest absolute Gasteiger partial charge is 0.0739 e. The molecule has 1 aliphatic heterocycles. The van der Waals surface area contributed by atoms with Crippen molar-refractivity contribution >= 4 is 27.7 Å². The Kier molecular flexibility index (Phi) is 3.97. The van der Waals surface area contributed by atoms with Crippen molar-refractivity contribution in [3.63, 3.8) is 0 Å². The van der Waals surface area contributed by atoms with Crippen LogP contribution in [-0.4, -0.2) is 39.3 Å². The number of nitrogens with zero attached hydrogens (tertiary/aromatic N) is 3. The number of thioether (sulfide) groups is 1. The molecule has 5 heteroatoms. The molecular formula is C11H18BrN3S. The van der Waals surface area contributed by atoms with Gasteiger partial charge >= 0.3 is 0 Å². The Labute approximate surface area is 110 Å². The molecule has 1 aromatic rings. The standard InChI is InChI=1S/C11H18BrN3S/c1-8-11(12)10(15(3)13-8)6-14(2)9-4-5-16-7-9/h9H,4-7H2,1-3H3. The van der Waals surface area contributed by atoms with E-state index in [0.717, 1.165) is 22.8 Å². The van der Waals surface area contributed by atoms with Gasteiger partial charge in [-0.1, -0.05) is 0 Å². The lowest BCUT2D eigenvalue weighted by molar-refractivity contribution is 0.247. The molecule has 0 spiro atoms. The van der Waals surface area contributed by atoms with Gasteiger partial charge in [-0.3, -0.25) is 9.58 Å². The summed E-state index contributed by atoms with van der Waals surface area (Å²) in [7, 11) is 4.23. The van der Waals surface area contributed by atoms with Crippen molar-refractivity contribution in [1.82, 2.24) is 14.7 Å². The minimum atomic E-state index is 0.729. The summed E-state index contributed by atoms with van der Waals surface area (Å²) in [6, 6.07) is 0.729. The van der Waals surface area contributed by atoms with Crippen LogP contribution in [0.5, 0.6) is 0 Å². The van der Waals surface area contributed by atoms with E-state index in [0.29, 0.717) is 0 Å². The number of aryl methyl sites for hydroxylation is 2. The second-order valence-corrected chi connectivity index (χ2v) is 6.35. The third-order valence-corrected chi connectivity index (χ3v) is 5.37. The van der Waals surface area contributed by atoms with Crippen LogP contribution in [-0.2, 0) is 13.6 Å². The van der Waals surface area contributed by atoms with Gasteiger partial charge in [0.1, 0.15) is 0 Å². The summed E-state index contributed by atoms with van der Waals surface area (Å²) < 4.78 is 3.14. The van der Waals surface area contributed by atoms with Gasteiger partial charge in [-0.2, -0.15) is 16.9 Å². The van der Waals surface area contributed by atoms with Crippen LogP contribution in [0, 0.1) is 6.92 Å². The van der Waals surface area contributed by atoms with Crippen LogP contribution in [0.1, 0.15) is 17.8 Å².